The van der Waals surface area contributed by atoms with Gasteiger partial charge < -0.3 is 14.9 Å². The van der Waals surface area contributed by atoms with Gasteiger partial charge in [-0.15, -0.1) is 0 Å². The molecular weight excluding hydrogens is 461 g/mol. The summed E-state index contributed by atoms with van der Waals surface area (Å²) in [7, 11) is 0. The molecule has 9 heteroatoms. The number of hydrogen-bond acceptors (Lipinski definition) is 5. The first kappa shape index (κ1) is 26.1. The van der Waals surface area contributed by atoms with E-state index in [2.05, 4.69) is 20.3 Å². The van der Waals surface area contributed by atoms with Gasteiger partial charge >= 0.3 is 6.03 Å². The Labute approximate surface area is 212 Å². The second kappa shape index (κ2) is 9.47. The van der Waals surface area contributed by atoms with Crippen LogP contribution in [0.15, 0.2) is 28.8 Å². The summed E-state index contributed by atoms with van der Waals surface area (Å²) in [5.74, 6) is 0.616. The van der Waals surface area contributed by atoms with Crippen LogP contribution in [-0.2, 0) is 11.1 Å². The average molecular weight is 498 g/mol. The molecule has 5 rings (SSSR count). The number of aliphatic hydroxyl groups is 1. The van der Waals surface area contributed by atoms with Gasteiger partial charge in [0.2, 0.25) is 0 Å². The second-order valence-electron chi connectivity index (χ2n) is 11.9. The van der Waals surface area contributed by atoms with Crippen LogP contribution in [0.25, 0.3) is 4.85 Å². The summed E-state index contributed by atoms with van der Waals surface area (Å²) in [4.78, 5) is 23.1. The van der Waals surface area contributed by atoms with Crippen molar-refractivity contribution < 1.29 is 18.8 Å². The van der Waals surface area contributed by atoms with Crippen LogP contribution in [0.2, 0.25) is 0 Å². The summed E-state index contributed by atoms with van der Waals surface area (Å²) >= 11 is 0. The van der Waals surface area contributed by atoms with E-state index in [4.69, 9.17) is 11.1 Å². The lowest BCUT2D eigenvalue weighted by molar-refractivity contribution is 0.0406. The number of nitrogens with one attached hydrogen (secondary N) is 1. The number of alkyl halides is 1. The highest BCUT2D eigenvalue weighted by atomic mass is 19.1. The Morgan fingerprint density at radius 3 is 2.44 bits per heavy atom. The molecule has 1 aromatic carbocycles. The van der Waals surface area contributed by atoms with Gasteiger partial charge in [0.15, 0.2) is 17.2 Å². The molecule has 194 valence electrons. The van der Waals surface area contributed by atoms with Crippen molar-refractivity contribution in [3.8, 4) is 0 Å². The van der Waals surface area contributed by atoms with Crippen LogP contribution in [0.1, 0.15) is 77.9 Å². The number of amides is 2. The highest BCUT2D eigenvalue weighted by Gasteiger charge is 2.52. The standard InChI is InChI=1S/C27H36FN5O3/c1-24(2,18-34)16-30-23(35)33(20-8-6-7-19(15-20)29-5)17-26-9-12-27(13-10-26,14-11-26)21-31-22(36-32-21)25(3,4)28/h6-8,15,34H,9-14,16-18H2,1-4H3,(H,30,35). The zero-order chi connectivity index (χ0) is 26.2. The Morgan fingerprint density at radius 1 is 1.22 bits per heavy atom. The van der Waals surface area contributed by atoms with Crippen molar-refractivity contribution in [1.82, 2.24) is 15.5 Å². The second-order valence-corrected chi connectivity index (χ2v) is 11.9. The zero-order valence-electron chi connectivity index (χ0n) is 21.6. The van der Waals surface area contributed by atoms with Crippen molar-refractivity contribution in [2.24, 2.45) is 10.8 Å². The third-order valence-corrected chi connectivity index (χ3v) is 7.97. The predicted molar refractivity (Wildman–Crippen MR) is 135 cm³/mol. The maximum atomic E-state index is 14.3. The Bertz CT molecular complexity index is 1120. The molecule has 0 unspecified atom stereocenters. The summed E-state index contributed by atoms with van der Waals surface area (Å²) in [5.41, 5.74) is -1.22. The number of nitrogens with zero attached hydrogens (tertiary/aromatic N) is 4. The molecule has 2 aromatic rings. The molecule has 1 heterocycles. The number of rotatable bonds is 8. The highest BCUT2D eigenvalue weighted by molar-refractivity contribution is 5.92. The lowest BCUT2D eigenvalue weighted by Gasteiger charge is -2.53. The van der Waals surface area contributed by atoms with Crippen molar-refractivity contribution in [1.29, 1.82) is 0 Å². The number of urea groups is 1. The van der Waals surface area contributed by atoms with E-state index in [1.807, 2.05) is 19.9 Å². The molecule has 8 nitrogen and oxygen atoms in total. The fraction of sp³-hybridized carbons (Fsp3) is 0.630. The van der Waals surface area contributed by atoms with Crippen molar-refractivity contribution in [3.63, 3.8) is 0 Å². The smallest absolute Gasteiger partial charge is 0.321 e. The summed E-state index contributed by atoms with van der Waals surface area (Å²) < 4.78 is 19.6. The topological polar surface area (TPSA) is 95.9 Å². The molecule has 0 radical (unpaired) electrons. The van der Waals surface area contributed by atoms with Gasteiger partial charge in [0, 0.05) is 36.2 Å². The molecule has 3 aliphatic rings. The van der Waals surface area contributed by atoms with Gasteiger partial charge in [-0.3, -0.25) is 4.90 Å². The predicted octanol–water partition coefficient (Wildman–Crippen LogP) is 5.65. The van der Waals surface area contributed by atoms with Crippen molar-refractivity contribution in [2.45, 2.75) is 77.3 Å². The maximum Gasteiger partial charge on any atom is 0.321 e. The quantitative estimate of drug-likeness (QED) is 0.460. The molecule has 0 atom stereocenters. The van der Waals surface area contributed by atoms with E-state index in [0.29, 0.717) is 30.3 Å². The first-order valence-corrected chi connectivity index (χ1v) is 12.6. The summed E-state index contributed by atoms with van der Waals surface area (Å²) in [6.45, 7) is 14.8. The molecule has 3 fully saturated rings. The molecule has 1 aromatic heterocycles. The minimum absolute atomic E-state index is 0.0163. The van der Waals surface area contributed by atoms with Gasteiger partial charge in [-0.05, 0) is 69.9 Å². The molecule has 0 saturated heterocycles. The highest BCUT2D eigenvalue weighted by Crippen LogP contribution is 2.57. The average Bonchev–Trinajstić information content (AvgIpc) is 3.39. The van der Waals surface area contributed by atoms with E-state index in [9.17, 15) is 14.3 Å². The Balaban J connectivity index is 1.53. The van der Waals surface area contributed by atoms with Crippen LogP contribution < -0.4 is 10.2 Å². The number of carbonyl (C=O) groups is 1. The SMILES string of the molecule is [C-]#[N+]c1cccc(N(CC23CCC(c4noc(C(C)(C)F)n4)(CC2)CC3)C(=O)NCC(C)(C)CO)c1. The normalized spacial score (nSPS) is 23.8. The van der Waals surface area contributed by atoms with E-state index in [1.165, 1.54) is 13.8 Å². The fourth-order valence-corrected chi connectivity index (χ4v) is 5.33. The van der Waals surface area contributed by atoms with Crippen molar-refractivity contribution in [2.75, 3.05) is 24.6 Å². The molecular formula is C27H36FN5O3. The minimum Gasteiger partial charge on any atom is -0.396 e. The maximum absolute atomic E-state index is 14.3. The van der Waals surface area contributed by atoms with Gasteiger partial charge in [-0.1, -0.05) is 31.1 Å². The van der Waals surface area contributed by atoms with Crippen molar-refractivity contribution >= 4 is 17.4 Å². The van der Waals surface area contributed by atoms with E-state index in [-0.39, 0.29) is 29.4 Å². The van der Waals surface area contributed by atoms with Crippen LogP contribution in [0.3, 0.4) is 0 Å². The molecule has 0 spiro atoms. The Morgan fingerprint density at radius 2 is 1.89 bits per heavy atom. The van der Waals surface area contributed by atoms with E-state index >= 15 is 0 Å². The summed E-state index contributed by atoms with van der Waals surface area (Å²) in [5, 5.41) is 16.7. The number of benzene rings is 1. The summed E-state index contributed by atoms with van der Waals surface area (Å²) in [6.07, 6.45) is 5.24. The van der Waals surface area contributed by atoms with E-state index < -0.39 is 11.1 Å². The number of fused-ring (bicyclic) bond motifs is 3. The zero-order valence-corrected chi connectivity index (χ0v) is 21.6. The number of anilines is 1. The van der Waals surface area contributed by atoms with E-state index in [1.54, 1.807) is 23.1 Å². The van der Waals surface area contributed by atoms with Gasteiger partial charge in [0.25, 0.3) is 5.89 Å². The van der Waals surface area contributed by atoms with Gasteiger partial charge in [0.05, 0.1) is 6.57 Å². The minimum atomic E-state index is -1.67. The molecule has 2 bridgehead atoms. The third kappa shape index (κ3) is 5.24. The van der Waals surface area contributed by atoms with Crippen LogP contribution in [-0.4, -0.2) is 41.0 Å². The number of hydrogen-bond donors (Lipinski definition) is 2. The van der Waals surface area contributed by atoms with Crippen LogP contribution in [0, 0.1) is 17.4 Å². The lowest BCUT2D eigenvalue weighted by Crippen LogP contribution is -2.53. The third-order valence-electron chi connectivity index (χ3n) is 7.97. The Kier molecular flexibility index (Phi) is 6.86. The van der Waals surface area contributed by atoms with Gasteiger partial charge in [0.1, 0.15) is 0 Å². The van der Waals surface area contributed by atoms with Gasteiger partial charge in [-0.2, -0.15) is 4.98 Å². The Hall–Kier alpha value is -2.99. The van der Waals surface area contributed by atoms with Crippen LogP contribution >= 0.6 is 0 Å². The van der Waals surface area contributed by atoms with Crippen LogP contribution in [0.4, 0.5) is 20.6 Å². The molecule has 0 aliphatic heterocycles. The largest absolute Gasteiger partial charge is 0.396 e. The first-order chi connectivity index (χ1) is 16.9. The summed E-state index contributed by atoms with van der Waals surface area (Å²) in [6, 6.07) is 6.90. The fourth-order valence-electron chi connectivity index (χ4n) is 5.33. The van der Waals surface area contributed by atoms with Crippen LogP contribution in [0.5, 0.6) is 0 Å². The lowest BCUT2D eigenvalue weighted by atomic mass is 9.53. The van der Waals surface area contributed by atoms with Gasteiger partial charge in [-0.25, -0.2) is 14.0 Å². The number of carbonyl (C=O) groups excluding carboxylic acids is 1. The van der Waals surface area contributed by atoms with Crippen molar-refractivity contribution in [3.05, 3.63) is 47.4 Å². The first-order valence-electron chi connectivity index (χ1n) is 12.6. The molecule has 36 heavy (non-hydrogen) atoms. The molecule has 2 amide bonds. The number of halogens is 1. The monoisotopic (exact) mass is 497 g/mol. The molecule has 3 aliphatic carbocycles. The molecule has 2 N–H and O–H groups in total. The number of aliphatic hydroxyl groups excluding tert-OH is 1. The van der Waals surface area contributed by atoms with E-state index in [0.717, 1.165) is 38.5 Å². The molecule has 3 saturated carbocycles. The number of aromatic nitrogens is 2.